The SMILES string of the molecule is COc1ccc(C(=O)N(C(=O)Nc2ccccc2)c2ccccc2)cc1. The van der Waals surface area contributed by atoms with Crippen LogP contribution in [0, 0.1) is 0 Å². The summed E-state index contributed by atoms with van der Waals surface area (Å²) in [5, 5.41) is 2.76. The van der Waals surface area contributed by atoms with Crippen LogP contribution in [-0.2, 0) is 0 Å². The molecule has 5 nitrogen and oxygen atoms in total. The molecule has 0 spiro atoms. The van der Waals surface area contributed by atoms with Crippen molar-refractivity contribution in [2.45, 2.75) is 0 Å². The van der Waals surface area contributed by atoms with E-state index in [0.717, 1.165) is 4.90 Å². The van der Waals surface area contributed by atoms with E-state index in [0.29, 0.717) is 22.7 Å². The first kappa shape index (κ1) is 17.2. The van der Waals surface area contributed by atoms with Crippen LogP contribution in [0.25, 0.3) is 0 Å². The third kappa shape index (κ3) is 3.89. The van der Waals surface area contributed by atoms with Crippen molar-refractivity contribution in [1.29, 1.82) is 0 Å². The molecular formula is C21H18N2O3. The largest absolute Gasteiger partial charge is 0.497 e. The maximum absolute atomic E-state index is 13.0. The Hall–Kier alpha value is -3.60. The molecule has 0 aromatic heterocycles. The van der Waals surface area contributed by atoms with E-state index >= 15 is 0 Å². The number of methoxy groups -OCH3 is 1. The van der Waals surface area contributed by atoms with Crippen LogP contribution in [-0.4, -0.2) is 19.0 Å². The molecule has 0 aliphatic carbocycles. The summed E-state index contributed by atoms with van der Waals surface area (Å²) in [6.07, 6.45) is 0. The third-order valence-corrected chi connectivity index (χ3v) is 3.78. The molecule has 0 fully saturated rings. The molecule has 5 heteroatoms. The number of benzene rings is 3. The highest BCUT2D eigenvalue weighted by atomic mass is 16.5. The van der Waals surface area contributed by atoms with Gasteiger partial charge >= 0.3 is 6.03 Å². The van der Waals surface area contributed by atoms with Crippen LogP contribution in [0.2, 0.25) is 0 Å². The first-order valence-electron chi connectivity index (χ1n) is 8.08. The third-order valence-electron chi connectivity index (χ3n) is 3.78. The summed E-state index contributed by atoms with van der Waals surface area (Å²) in [6, 6.07) is 23.9. The maximum Gasteiger partial charge on any atom is 0.333 e. The second-order valence-electron chi connectivity index (χ2n) is 5.50. The van der Waals surface area contributed by atoms with Crippen LogP contribution >= 0.6 is 0 Å². The fourth-order valence-corrected chi connectivity index (χ4v) is 2.47. The van der Waals surface area contributed by atoms with E-state index in [-0.39, 0.29) is 0 Å². The monoisotopic (exact) mass is 346 g/mol. The average Bonchev–Trinajstić information content (AvgIpc) is 2.70. The molecule has 3 aromatic carbocycles. The minimum absolute atomic E-state index is 0.387. The zero-order valence-electron chi connectivity index (χ0n) is 14.3. The molecule has 0 aliphatic rings. The van der Waals surface area contributed by atoms with E-state index in [1.54, 1.807) is 67.8 Å². The van der Waals surface area contributed by atoms with Gasteiger partial charge in [0.2, 0.25) is 0 Å². The minimum Gasteiger partial charge on any atom is -0.497 e. The highest BCUT2D eigenvalue weighted by molar-refractivity contribution is 6.23. The fraction of sp³-hybridized carbons (Fsp3) is 0.0476. The molecule has 0 radical (unpaired) electrons. The van der Waals surface area contributed by atoms with Gasteiger partial charge in [-0.05, 0) is 48.5 Å². The van der Waals surface area contributed by atoms with Gasteiger partial charge in [0.05, 0.1) is 12.8 Å². The summed E-state index contributed by atoms with van der Waals surface area (Å²) < 4.78 is 5.12. The van der Waals surface area contributed by atoms with Crippen molar-refractivity contribution in [1.82, 2.24) is 0 Å². The van der Waals surface area contributed by atoms with Gasteiger partial charge in [-0.15, -0.1) is 0 Å². The highest BCUT2D eigenvalue weighted by Gasteiger charge is 2.24. The molecule has 26 heavy (non-hydrogen) atoms. The number of hydrogen-bond donors (Lipinski definition) is 1. The number of nitrogens with zero attached hydrogens (tertiary/aromatic N) is 1. The van der Waals surface area contributed by atoms with Gasteiger partial charge in [-0.25, -0.2) is 9.69 Å². The first-order chi connectivity index (χ1) is 12.7. The number of ether oxygens (including phenoxy) is 1. The Morgan fingerprint density at radius 1 is 0.808 bits per heavy atom. The Morgan fingerprint density at radius 2 is 1.38 bits per heavy atom. The summed E-state index contributed by atoms with van der Waals surface area (Å²) in [5.74, 6) is 0.217. The molecule has 3 rings (SSSR count). The smallest absolute Gasteiger partial charge is 0.333 e. The molecule has 0 unspecified atom stereocenters. The van der Waals surface area contributed by atoms with Crippen molar-refractivity contribution < 1.29 is 14.3 Å². The number of para-hydroxylation sites is 2. The van der Waals surface area contributed by atoms with Crippen LogP contribution < -0.4 is 15.0 Å². The lowest BCUT2D eigenvalue weighted by Crippen LogP contribution is -2.40. The number of amides is 3. The molecule has 1 N–H and O–H groups in total. The van der Waals surface area contributed by atoms with E-state index < -0.39 is 11.9 Å². The minimum atomic E-state index is -0.525. The lowest BCUT2D eigenvalue weighted by atomic mass is 10.1. The lowest BCUT2D eigenvalue weighted by Gasteiger charge is -2.21. The second-order valence-corrected chi connectivity index (χ2v) is 5.50. The van der Waals surface area contributed by atoms with Crippen molar-refractivity contribution in [3.05, 3.63) is 90.5 Å². The van der Waals surface area contributed by atoms with E-state index in [4.69, 9.17) is 4.74 Å². The summed E-state index contributed by atoms with van der Waals surface area (Å²) in [5.41, 5.74) is 1.49. The van der Waals surface area contributed by atoms with Crippen LogP contribution in [0.5, 0.6) is 5.75 Å². The van der Waals surface area contributed by atoms with Crippen LogP contribution in [0.3, 0.4) is 0 Å². The summed E-state index contributed by atoms with van der Waals surface area (Å²) in [7, 11) is 1.56. The molecule has 3 aromatic rings. The Labute approximate surface area is 151 Å². The number of carbonyl (C=O) groups is 2. The van der Waals surface area contributed by atoms with Crippen LogP contribution in [0.15, 0.2) is 84.9 Å². The molecule has 0 heterocycles. The molecule has 0 bridgehead atoms. The van der Waals surface area contributed by atoms with E-state index in [1.165, 1.54) is 0 Å². The molecular weight excluding hydrogens is 328 g/mol. The van der Waals surface area contributed by atoms with E-state index in [2.05, 4.69) is 5.32 Å². The quantitative estimate of drug-likeness (QED) is 0.752. The van der Waals surface area contributed by atoms with Gasteiger partial charge in [-0.1, -0.05) is 36.4 Å². The molecule has 0 saturated heterocycles. The van der Waals surface area contributed by atoms with E-state index in [9.17, 15) is 9.59 Å². The number of anilines is 2. The Morgan fingerprint density at radius 3 is 1.96 bits per heavy atom. The lowest BCUT2D eigenvalue weighted by molar-refractivity contribution is 0.0995. The number of rotatable bonds is 4. The van der Waals surface area contributed by atoms with Crippen molar-refractivity contribution >= 4 is 23.3 Å². The molecule has 3 amide bonds. The van der Waals surface area contributed by atoms with Gasteiger partial charge < -0.3 is 10.1 Å². The molecule has 0 atom stereocenters. The Balaban J connectivity index is 1.92. The number of hydrogen-bond acceptors (Lipinski definition) is 3. The van der Waals surface area contributed by atoms with Gasteiger partial charge in [0, 0.05) is 11.3 Å². The zero-order chi connectivity index (χ0) is 18.4. The first-order valence-corrected chi connectivity index (χ1v) is 8.08. The van der Waals surface area contributed by atoms with Gasteiger partial charge in [0.1, 0.15) is 5.75 Å². The van der Waals surface area contributed by atoms with Gasteiger partial charge in [0.25, 0.3) is 5.91 Å². The zero-order valence-corrected chi connectivity index (χ0v) is 14.3. The highest BCUT2D eigenvalue weighted by Crippen LogP contribution is 2.20. The second kappa shape index (κ2) is 7.98. The van der Waals surface area contributed by atoms with Crippen LogP contribution in [0.4, 0.5) is 16.2 Å². The number of urea groups is 1. The molecule has 0 aliphatic heterocycles. The maximum atomic E-state index is 13.0. The van der Waals surface area contributed by atoms with Crippen molar-refractivity contribution in [3.63, 3.8) is 0 Å². The van der Waals surface area contributed by atoms with Gasteiger partial charge in [0.15, 0.2) is 0 Å². The number of carbonyl (C=O) groups excluding carboxylic acids is 2. The standard InChI is InChI=1S/C21H18N2O3/c1-26-19-14-12-16(13-15-19)20(24)23(18-10-6-3-7-11-18)21(25)22-17-8-4-2-5-9-17/h2-15H,1H3,(H,22,25). The summed E-state index contributed by atoms with van der Waals surface area (Å²) in [6.45, 7) is 0. The Bertz CT molecular complexity index is 878. The van der Waals surface area contributed by atoms with Crippen LogP contribution in [0.1, 0.15) is 10.4 Å². The van der Waals surface area contributed by atoms with E-state index in [1.807, 2.05) is 24.3 Å². The molecule has 0 saturated carbocycles. The number of nitrogens with one attached hydrogen (secondary N) is 1. The van der Waals surface area contributed by atoms with Crippen molar-refractivity contribution in [2.75, 3.05) is 17.3 Å². The van der Waals surface area contributed by atoms with Gasteiger partial charge in [-0.3, -0.25) is 4.79 Å². The summed E-state index contributed by atoms with van der Waals surface area (Å²) >= 11 is 0. The van der Waals surface area contributed by atoms with Crippen molar-refractivity contribution in [3.8, 4) is 5.75 Å². The van der Waals surface area contributed by atoms with Gasteiger partial charge in [-0.2, -0.15) is 0 Å². The van der Waals surface area contributed by atoms with Crippen molar-refractivity contribution in [2.24, 2.45) is 0 Å². The Kier molecular flexibility index (Phi) is 5.29. The topological polar surface area (TPSA) is 58.6 Å². The fourth-order valence-electron chi connectivity index (χ4n) is 2.47. The average molecular weight is 346 g/mol. The normalized spacial score (nSPS) is 10.0. The molecule has 130 valence electrons. The summed E-state index contributed by atoms with van der Waals surface area (Å²) in [4.78, 5) is 26.9. The number of imide groups is 1. The predicted octanol–water partition coefficient (Wildman–Crippen LogP) is 4.57. The predicted molar refractivity (Wildman–Crippen MR) is 102 cm³/mol.